The first-order valence-electron chi connectivity index (χ1n) is 6.53. The molecule has 0 unspecified atom stereocenters. The Bertz CT molecular complexity index is 442. The van der Waals surface area contributed by atoms with Gasteiger partial charge in [0.25, 0.3) is 0 Å². The molecule has 0 amide bonds. The summed E-state index contributed by atoms with van der Waals surface area (Å²) in [7, 11) is 1.67. The number of para-hydroxylation sites is 1. The van der Waals surface area contributed by atoms with E-state index in [0.717, 1.165) is 43.8 Å². The van der Waals surface area contributed by atoms with Crippen LogP contribution in [0.4, 0.5) is 0 Å². The maximum Gasteiger partial charge on any atom is 0.123 e. The van der Waals surface area contributed by atoms with Crippen LogP contribution in [0.25, 0.3) is 0 Å². The van der Waals surface area contributed by atoms with Crippen LogP contribution in [-0.4, -0.2) is 31.6 Å². The Morgan fingerprint density at radius 1 is 1.33 bits per heavy atom. The Kier molecular flexibility index (Phi) is 3.88. The van der Waals surface area contributed by atoms with Crippen LogP contribution in [0.5, 0.6) is 5.75 Å². The van der Waals surface area contributed by atoms with Gasteiger partial charge in [-0.1, -0.05) is 25.1 Å². The topological polar surface area (TPSA) is 36.3 Å². The van der Waals surface area contributed by atoms with Gasteiger partial charge in [0.15, 0.2) is 0 Å². The zero-order valence-electron chi connectivity index (χ0n) is 11.1. The number of nitrogens with zero attached hydrogens (tertiary/aromatic N) is 2. The molecule has 1 aliphatic rings. The highest BCUT2D eigenvalue weighted by atomic mass is 16.5. The first-order valence-corrected chi connectivity index (χ1v) is 6.53. The third-order valence-corrected chi connectivity index (χ3v) is 3.99. The Labute approximate surface area is 109 Å². The van der Waals surface area contributed by atoms with Crippen LogP contribution in [0.2, 0.25) is 0 Å². The normalized spacial score (nSPS) is 19.2. The molecule has 1 fully saturated rings. The van der Waals surface area contributed by atoms with Gasteiger partial charge in [0, 0.05) is 5.56 Å². The van der Waals surface area contributed by atoms with Crippen molar-refractivity contribution in [1.29, 1.82) is 5.26 Å². The van der Waals surface area contributed by atoms with Gasteiger partial charge in [-0.2, -0.15) is 5.26 Å². The van der Waals surface area contributed by atoms with Crippen molar-refractivity contribution in [2.45, 2.75) is 25.2 Å². The van der Waals surface area contributed by atoms with Crippen molar-refractivity contribution in [2.24, 2.45) is 0 Å². The first kappa shape index (κ1) is 12.9. The fourth-order valence-electron chi connectivity index (χ4n) is 2.73. The monoisotopic (exact) mass is 244 g/mol. The summed E-state index contributed by atoms with van der Waals surface area (Å²) < 4.78 is 5.41. The fraction of sp³-hybridized carbons (Fsp3) is 0.533. The summed E-state index contributed by atoms with van der Waals surface area (Å²) in [5.41, 5.74) is 0.670. The average molecular weight is 244 g/mol. The fourth-order valence-corrected chi connectivity index (χ4v) is 2.73. The highest BCUT2D eigenvalue weighted by Crippen LogP contribution is 2.39. The molecule has 1 aromatic carbocycles. The van der Waals surface area contributed by atoms with Crippen molar-refractivity contribution >= 4 is 0 Å². The van der Waals surface area contributed by atoms with Crippen LogP contribution < -0.4 is 4.74 Å². The van der Waals surface area contributed by atoms with E-state index in [9.17, 15) is 5.26 Å². The van der Waals surface area contributed by atoms with Gasteiger partial charge in [-0.05, 0) is 38.5 Å². The minimum atomic E-state index is -0.377. The van der Waals surface area contributed by atoms with E-state index in [4.69, 9.17) is 4.74 Å². The maximum atomic E-state index is 9.65. The molecule has 0 N–H and O–H groups in total. The lowest BCUT2D eigenvalue weighted by Crippen LogP contribution is -2.41. The number of piperidine rings is 1. The Balaban J connectivity index is 2.31. The summed E-state index contributed by atoms with van der Waals surface area (Å²) in [4.78, 5) is 2.39. The van der Waals surface area contributed by atoms with Crippen molar-refractivity contribution in [1.82, 2.24) is 4.90 Å². The zero-order valence-corrected chi connectivity index (χ0v) is 11.1. The highest BCUT2D eigenvalue weighted by Gasteiger charge is 2.38. The first-order chi connectivity index (χ1) is 8.75. The molecular formula is C15H20N2O. The second-order valence-corrected chi connectivity index (χ2v) is 4.83. The number of methoxy groups -OCH3 is 1. The number of nitriles is 1. The molecule has 0 spiro atoms. The molecule has 1 aromatic rings. The smallest absolute Gasteiger partial charge is 0.123 e. The number of likely N-dealkylation sites (tertiary alicyclic amines) is 1. The van der Waals surface area contributed by atoms with E-state index in [0.29, 0.717) is 0 Å². The lowest BCUT2D eigenvalue weighted by Gasteiger charge is -2.37. The van der Waals surface area contributed by atoms with Crippen LogP contribution in [-0.2, 0) is 5.41 Å². The molecule has 0 atom stereocenters. The van der Waals surface area contributed by atoms with Crippen molar-refractivity contribution in [2.75, 3.05) is 26.7 Å². The van der Waals surface area contributed by atoms with Gasteiger partial charge in [0.2, 0.25) is 0 Å². The maximum absolute atomic E-state index is 9.65. The van der Waals surface area contributed by atoms with Crippen molar-refractivity contribution in [3.63, 3.8) is 0 Å². The number of hydrogen-bond acceptors (Lipinski definition) is 3. The van der Waals surface area contributed by atoms with Gasteiger partial charge < -0.3 is 9.64 Å². The van der Waals surface area contributed by atoms with Crippen LogP contribution in [0.3, 0.4) is 0 Å². The van der Waals surface area contributed by atoms with Gasteiger partial charge in [-0.3, -0.25) is 0 Å². The van der Waals surface area contributed by atoms with Crippen molar-refractivity contribution in [3.8, 4) is 11.8 Å². The van der Waals surface area contributed by atoms with E-state index >= 15 is 0 Å². The third kappa shape index (κ3) is 2.21. The molecular weight excluding hydrogens is 224 g/mol. The van der Waals surface area contributed by atoms with Crippen LogP contribution in [0.15, 0.2) is 24.3 Å². The van der Waals surface area contributed by atoms with E-state index in [1.807, 2.05) is 24.3 Å². The second kappa shape index (κ2) is 5.41. The summed E-state index contributed by atoms with van der Waals surface area (Å²) in [6.45, 7) is 5.21. The lowest BCUT2D eigenvalue weighted by atomic mass is 9.73. The third-order valence-electron chi connectivity index (χ3n) is 3.99. The number of hydrogen-bond donors (Lipinski definition) is 0. The minimum absolute atomic E-state index is 0.377. The van der Waals surface area contributed by atoms with Gasteiger partial charge in [0.1, 0.15) is 5.75 Å². The van der Waals surface area contributed by atoms with Crippen LogP contribution >= 0.6 is 0 Å². The summed E-state index contributed by atoms with van der Waals surface area (Å²) in [5, 5.41) is 9.65. The van der Waals surface area contributed by atoms with Crippen LogP contribution in [0, 0.1) is 11.3 Å². The molecule has 96 valence electrons. The average Bonchev–Trinajstić information content (AvgIpc) is 2.47. The molecule has 0 aromatic heterocycles. The summed E-state index contributed by atoms with van der Waals surface area (Å²) >= 11 is 0. The summed E-state index contributed by atoms with van der Waals surface area (Å²) in [5.74, 6) is 0.837. The van der Waals surface area contributed by atoms with Gasteiger partial charge >= 0.3 is 0 Å². The van der Waals surface area contributed by atoms with Gasteiger partial charge in [-0.25, -0.2) is 0 Å². The molecule has 0 saturated carbocycles. The summed E-state index contributed by atoms with van der Waals surface area (Å²) in [6.07, 6.45) is 1.77. The molecule has 2 rings (SSSR count). The Morgan fingerprint density at radius 2 is 2.00 bits per heavy atom. The molecule has 1 heterocycles. The molecule has 1 aliphatic heterocycles. The van der Waals surface area contributed by atoms with Crippen molar-refractivity contribution in [3.05, 3.63) is 29.8 Å². The number of benzene rings is 1. The lowest BCUT2D eigenvalue weighted by molar-refractivity contribution is 0.192. The SMILES string of the molecule is CCN1CCC(C#N)(c2ccccc2OC)CC1. The van der Waals surface area contributed by atoms with E-state index in [1.54, 1.807) is 7.11 Å². The molecule has 1 saturated heterocycles. The Morgan fingerprint density at radius 3 is 2.56 bits per heavy atom. The van der Waals surface area contributed by atoms with E-state index in [-0.39, 0.29) is 5.41 Å². The standard InChI is InChI=1S/C15H20N2O/c1-3-17-10-8-15(12-16,9-11-17)13-6-4-5-7-14(13)18-2/h4-7H,3,8-11H2,1-2H3. The van der Waals surface area contributed by atoms with E-state index in [1.165, 1.54) is 0 Å². The largest absolute Gasteiger partial charge is 0.496 e. The van der Waals surface area contributed by atoms with Crippen molar-refractivity contribution < 1.29 is 4.74 Å². The number of ether oxygens (including phenoxy) is 1. The predicted molar refractivity (Wildman–Crippen MR) is 71.6 cm³/mol. The molecule has 0 aliphatic carbocycles. The zero-order chi connectivity index (χ0) is 13.0. The quantitative estimate of drug-likeness (QED) is 0.820. The highest BCUT2D eigenvalue weighted by molar-refractivity contribution is 5.44. The molecule has 0 radical (unpaired) electrons. The molecule has 3 nitrogen and oxygen atoms in total. The Hall–Kier alpha value is -1.53. The second-order valence-electron chi connectivity index (χ2n) is 4.83. The van der Waals surface area contributed by atoms with Crippen LogP contribution in [0.1, 0.15) is 25.3 Å². The van der Waals surface area contributed by atoms with E-state index in [2.05, 4.69) is 17.9 Å². The molecule has 0 bridgehead atoms. The molecule has 3 heteroatoms. The summed E-state index contributed by atoms with van der Waals surface area (Å²) in [6, 6.07) is 10.5. The van der Waals surface area contributed by atoms with E-state index < -0.39 is 0 Å². The minimum Gasteiger partial charge on any atom is -0.496 e. The molecule has 18 heavy (non-hydrogen) atoms. The number of rotatable bonds is 3. The van der Waals surface area contributed by atoms with Gasteiger partial charge in [0.05, 0.1) is 18.6 Å². The van der Waals surface area contributed by atoms with Gasteiger partial charge in [-0.15, -0.1) is 0 Å². The predicted octanol–water partition coefficient (Wildman–Crippen LogP) is 2.57.